The number of imide groups is 1. The fraction of sp³-hybridized carbons (Fsp3) is 0.227. The molecule has 2 amide bonds. The van der Waals surface area contributed by atoms with Gasteiger partial charge in [0.2, 0.25) is 0 Å². The molecule has 1 heterocycles. The van der Waals surface area contributed by atoms with Crippen LogP contribution < -0.4 is 9.47 Å². The second-order valence-electron chi connectivity index (χ2n) is 6.53. The van der Waals surface area contributed by atoms with Crippen LogP contribution in [0.15, 0.2) is 45.8 Å². The van der Waals surface area contributed by atoms with Crippen LogP contribution >= 0.6 is 27.7 Å². The van der Waals surface area contributed by atoms with E-state index in [0.717, 1.165) is 16.7 Å². The second-order valence-corrected chi connectivity index (χ2v) is 8.37. The first-order valence-electron chi connectivity index (χ1n) is 9.48. The summed E-state index contributed by atoms with van der Waals surface area (Å²) < 4.78 is 29.9. The molecule has 0 bridgehead atoms. The van der Waals surface area contributed by atoms with E-state index in [4.69, 9.17) is 14.2 Å². The maximum absolute atomic E-state index is 13.4. The predicted octanol–water partition coefficient (Wildman–Crippen LogP) is 4.78. The molecule has 2 aromatic rings. The van der Waals surface area contributed by atoms with E-state index in [-0.39, 0.29) is 23.9 Å². The van der Waals surface area contributed by atoms with Crippen LogP contribution in [0.5, 0.6) is 11.5 Å². The average Bonchev–Trinajstić information content (AvgIpc) is 3.00. The van der Waals surface area contributed by atoms with Gasteiger partial charge in [0.15, 0.2) is 11.5 Å². The van der Waals surface area contributed by atoms with Crippen LogP contribution in [0, 0.1) is 5.82 Å². The quantitative estimate of drug-likeness (QED) is 0.363. The summed E-state index contributed by atoms with van der Waals surface area (Å²) in [4.78, 5) is 37.4. The van der Waals surface area contributed by atoms with E-state index < -0.39 is 23.7 Å². The fourth-order valence-corrected chi connectivity index (χ4v) is 4.28. The molecular formula is C22H19BrFNO6S. The molecule has 7 nitrogen and oxygen atoms in total. The highest BCUT2D eigenvalue weighted by molar-refractivity contribution is 9.10. The second kappa shape index (κ2) is 10.6. The monoisotopic (exact) mass is 523 g/mol. The minimum atomic E-state index is -0.653. The van der Waals surface area contributed by atoms with Crippen molar-refractivity contribution < 1.29 is 33.0 Å². The maximum Gasteiger partial charge on any atom is 0.326 e. The molecule has 2 aromatic carbocycles. The molecule has 0 unspecified atom stereocenters. The van der Waals surface area contributed by atoms with Gasteiger partial charge in [-0.05, 0) is 76.1 Å². The highest BCUT2D eigenvalue weighted by Crippen LogP contribution is 2.39. The van der Waals surface area contributed by atoms with Gasteiger partial charge in [-0.3, -0.25) is 19.3 Å². The lowest BCUT2D eigenvalue weighted by atomic mass is 10.1. The number of rotatable bonds is 8. The molecule has 0 atom stereocenters. The number of methoxy groups -OCH3 is 1. The molecular weight excluding hydrogens is 505 g/mol. The van der Waals surface area contributed by atoms with Gasteiger partial charge in [0, 0.05) is 0 Å². The van der Waals surface area contributed by atoms with Gasteiger partial charge in [0.1, 0.15) is 19.0 Å². The summed E-state index contributed by atoms with van der Waals surface area (Å²) in [6.07, 6.45) is 1.53. The minimum absolute atomic E-state index is 0.124. The number of esters is 1. The summed E-state index contributed by atoms with van der Waals surface area (Å²) in [5.41, 5.74) is 1.23. The van der Waals surface area contributed by atoms with E-state index >= 15 is 0 Å². The van der Waals surface area contributed by atoms with Crippen molar-refractivity contribution in [2.24, 2.45) is 0 Å². The van der Waals surface area contributed by atoms with E-state index in [2.05, 4.69) is 15.9 Å². The Balaban J connectivity index is 1.79. The zero-order valence-electron chi connectivity index (χ0n) is 17.2. The molecule has 0 saturated carbocycles. The minimum Gasteiger partial charge on any atom is -0.493 e. The number of carbonyl (C=O) groups is 3. The van der Waals surface area contributed by atoms with Crippen LogP contribution in [0.3, 0.4) is 0 Å². The number of halogens is 2. The molecule has 0 aliphatic carbocycles. The zero-order chi connectivity index (χ0) is 23.3. The number of nitrogens with zero attached hydrogens (tertiary/aromatic N) is 1. The fourth-order valence-electron chi connectivity index (χ4n) is 2.87. The number of thioether (sulfide) groups is 1. The van der Waals surface area contributed by atoms with Crippen molar-refractivity contribution in [1.29, 1.82) is 0 Å². The molecule has 1 aliphatic rings. The summed E-state index contributed by atoms with van der Waals surface area (Å²) in [6, 6.07) is 9.40. The van der Waals surface area contributed by atoms with Gasteiger partial charge in [0.05, 0.1) is 23.1 Å². The van der Waals surface area contributed by atoms with Gasteiger partial charge < -0.3 is 14.2 Å². The topological polar surface area (TPSA) is 82.1 Å². The molecule has 1 aliphatic heterocycles. The summed E-state index contributed by atoms with van der Waals surface area (Å²) in [5, 5.41) is -0.546. The number of benzene rings is 2. The Morgan fingerprint density at radius 3 is 2.72 bits per heavy atom. The van der Waals surface area contributed by atoms with Gasteiger partial charge in [-0.15, -0.1) is 0 Å². The predicted molar refractivity (Wildman–Crippen MR) is 121 cm³/mol. The van der Waals surface area contributed by atoms with Crippen molar-refractivity contribution in [2.75, 3.05) is 20.3 Å². The normalized spacial score (nSPS) is 14.8. The summed E-state index contributed by atoms with van der Waals surface area (Å²) in [5.74, 6) is -0.795. The molecule has 168 valence electrons. The Morgan fingerprint density at radius 1 is 1.25 bits per heavy atom. The molecule has 1 fully saturated rings. The Morgan fingerprint density at radius 2 is 2.03 bits per heavy atom. The Kier molecular flexibility index (Phi) is 7.92. The number of amides is 2. The van der Waals surface area contributed by atoms with E-state index in [1.807, 2.05) is 0 Å². The molecule has 0 N–H and O–H groups in total. The lowest BCUT2D eigenvalue weighted by Gasteiger charge is -2.14. The third kappa shape index (κ3) is 5.68. The van der Waals surface area contributed by atoms with Crippen LogP contribution in [0.2, 0.25) is 0 Å². The first kappa shape index (κ1) is 23.8. The highest BCUT2D eigenvalue weighted by Gasteiger charge is 2.36. The Labute approximate surface area is 196 Å². The van der Waals surface area contributed by atoms with Crippen molar-refractivity contribution in [3.63, 3.8) is 0 Å². The lowest BCUT2D eigenvalue weighted by molar-refractivity contribution is -0.145. The standard InChI is InChI=1S/C22H19BrFNO6S/c1-3-30-19(26)11-25-21(27)18(32-22(25)28)10-14-8-16(23)20(17(9-14)29-2)31-12-13-5-4-6-15(24)7-13/h4-10H,3,11-12H2,1-2H3/b18-10-. The molecule has 3 rings (SSSR count). The van der Waals surface area contributed by atoms with E-state index in [0.29, 0.717) is 27.1 Å². The number of hydrogen-bond acceptors (Lipinski definition) is 7. The SMILES string of the molecule is CCOC(=O)CN1C(=O)S/C(=C\c2cc(Br)c(OCc3cccc(F)c3)c(OC)c2)C1=O. The van der Waals surface area contributed by atoms with Crippen molar-refractivity contribution in [1.82, 2.24) is 4.90 Å². The molecule has 10 heteroatoms. The Bertz CT molecular complexity index is 1090. The summed E-state index contributed by atoms with van der Waals surface area (Å²) in [7, 11) is 1.47. The van der Waals surface area contributed by atoms with E-state index in [1.54, 1.807) is 31.2 Å². The van der Waals surface area contributed by atoms with E-state index in [1.165, 1.54) is 25.3 Å². The van der Waals surface area contributed by atoms with Crippen LogP contribution in [-0.2, 0) is 20.9 Å². The number of hydrogen-bond donors (Lipinski definition) is 0. The third-order valence-corrected chi connectivity index (χ3v) is 5.78. The van der Waals surface area contributed by atoms with Gasteiger partial charge in [-0.2, -0.15) is 0 Å². The summed E-state index contributed by atoms with van der Waals surface area (Å²) >= 11 is 4.16. The van der Waals surface area contributed by atoms with Crippen LogP contribution in [0.1, 0.15) is 18.1 Å². The zero-order valence-corrected chi connectivity index (χ0v) is 19.6. The molecule has 0 spiro atoms. The van der Waals surface area contributed by atoms with Crippen molar-refractivity contribution in [3.05, 3.63) is 62.7 Å². The van der Waals surface area contributed by atoms with Gasteiger partial charge in [0.25, 0.3) is 11.1 Å². The lowest BCUT2D eigenvalue weighted by Crippen LogP contribution is -2.34. The molecule has 0 aromatic heterocycles. The van der Waals surface area contributed by atoms with Gasteiger partial charge in [-0.1, -0.05) is 12.1 Å². The third-order valence-electron chi connectivity index (χ3n) is 4.29. The molecule has 32 heavy (non-hydrogen) atoms. The van der Waals surface area contributed by atoms with Crippen LogP contribution in [0.4, 0.5) is 9.18 Å². The smallest absolute Gasteiger partial charge is 0.326 e. The average molecular weight is 524 g/mol. The van der Waals surface area contributed by atoms with Gasteiger partial charge in [-0.25, -0.2) is 4.39 Å². The largest absolute Gasteiger partial charge is 0.493 e. The van der Waals surface area contributed by atoms with Crippen molar-refractivity contribution >= 4 is 50.9 Å². The first-order chi connectivity index (χ1) is 15.3. The van der Waals surface area contributed by atoms with Crippen LogP contribution in [-0.4, -0.2) is 42.3 Å². The van der Waals surface area contributed by atoms with Gasteiger partial charge >= 0.3 is 5.97 Å². The van der Waals surface area contributed by atoms with E-state index in [9.17, 15) is 18.8 Å². The summed E-state index contributed by atoms with van der Waals surface area (Å²) in [6.45, 7) is 1.49. The molecule has 1 saturated heterocycles. The maximum atomic E-state index is 13.4. The van der Waals surface area contributed by atoms with Crippen molar-refractivity contribution in [2.45, 2.75) is 13.5 Å². The van der Waals surface area contributed by atoms with Crippen molar-refractivity contribution in [3.8, 4) is 11.5 Å². The first-order valence-corrected chi connectivity index (χ1v) is 11.1. The highest BCUT2D eigenvalue weighted by atomic mass is 79.9. The van der Waals surface area contributed by atoms with Crippen LogP contribution in [0.25, 0.3) is 6.08 Å². The molecule has 0 radical (unpaired) electrons. The Hall–Kier alpha value is -2.85. The number of carbonyl (C=O) groups excluding carboxylic acids is 3. The number of ether oxygens (including phenoxy) is 3.